The SMILES string of the molecule is COCCOCCNC1CCC(NC(=O)O)CC1. The number of methoxy groups -OCH3 is 1. The Hall–Kier alpha value is -0.850. The Morgan fingerprint density at radius 2 is 1.83 bits per heavy atom. The number of nitrogens with one attached hydrogen (secondary N) is 2. The molecule has 0 aromatic heterocycles. The van der Waals surface area contributed by atoms with Gasteiger partial charge in [-0.1, -0.05) is 0 Å². The van der Waals surface area contributed by atoms with E-state index in [2.05, 4.69) is 10.6 Å². The van der Waals surface area contributed by atoms with Gasteiger partial charge < -0.3 is 25.2 Å². The topological polar surface area (TPSA) is 79.8 Å². The van der Waals surface area contributed by atoms with Crippen LogP contribution in [0.25, 0.3) is 0 Å². The van der Waals surface area contributed by atoms with Crippen LogP contribution in [-0.2, 0) is 9.47 Å². The fourth-order valence-electron chi connectivity index (χ4n) is 2.20. The molecule has 106 valence electrons. The van der Waals surface area contributed by atoms with Gasteiger partial charge in [-0.2, -0.15) is 0 Å². The number of amides is 1. The Bertz CT molecular complexity index is 230. The van der Waals surface area contributed by atoms with Crippen molar-refractivity contribution >= 4 is 6.09 Å². The molecule has 6 heteroatoms. The zero-order valence-electron chi connectivity index (χ0n) is 11.0. The minimum absolute atomic E-state index is 0.124. The van der Waals surface area contributed by atoms with Crippen molar-refractivity contribution in [2.45, 2.75) is 37.8 Å². The average Bonchev–Trinajstić information content (AvgIpc) is 2.35. The molecule has 0 bridgehead atoms. The third kappa shape index (κ3) is 6.78. The molecule has 0 aromatic rings. The third-order valence-electron chi connectivity index (χ3n) is 3.17. The molecule has 3 N–H and O–H groups in total. The summed E-state index contributed by atoms with van der Waals surface area (Å²) in [7, 11) is 1.66. The zero-order chi connectivity index (χ0) is 13.2. The lowest BCUT2D eigenvalue weighted by Crippen LogP contribution is -2.42. The van der Waals surface area contributed by atoms with Gasteiger partial charge in [-0.25, -0.2) is 4.79 Å². The molecule has 1 saturated carbocycles. The molecule has 1 fully saturated rings. The molecule has 0 atom stereocenters. The van der Waals surface area contributed by atoms with Gasteiger partial charge in [0.2, 0.25) is 0 Å². The van der Waals surface area contributed by atoms with E-state index in [9.17, 15) is 4.79 Å². The van der Waals surface area contributed by atoms with Crippen LogP contribution < -0.4 is 10.6 Å². The van der Waals surface area contributed by atoms with Crippen molar-refractivity contribution in [2.75, 3.05) is 33.5 Å². The maximum Gasteiger partial charge on any atom is 0.404 e. The lowest BCUT2D eigenvalue weighted by atomic mass is 9.91. The van der Waals surface area contributed by atoms with E-state index < -0.39 is 6.09 Å². The summed E-state index contributed by atoms with van der Waals surface area (Å²) in [6.07, 6.45) is 2.94. The highest BCUT2D eigenvalue weighted by Gasteiger charge is 2.21. The molecule has 1 rings (SSSR count). The third-order valence-corrected chi connectivity index (χ3v) is 3.17. The van der Waals surface area contributed by atoms with Gasteiger partial charge in [0.1, 0.15) is 0 Å². The highest BCUT2D eigenvalue weighted by Crippen LogP contribution is 2.18. The van der Waals surface area contributed by atoms with Gasteiger partial charge in [0.25, 0.3) is 0 Å². The molecular weight excluding hydrogens is 236 g/mol. The summed E-state index contributed by atoms with van der Waals surface area (Å²) in [5.41, 5.74) is 0. The molecule has 6 nitrogen and oxygen atoms in total. The van der Waals surface area contributed by atoms with Crippen molar-refractivity contribution in [1.82, 2.24) is 10.6 Å². The Labute approximate surface area is 108 Å². The second-order valence-corrected chi connectivity index (χ2v) is 4.56. The first-order valence-corrected chi connectivity index (χ1v) is 6.52. The highest BCUT2D eigenvalue weighted by atomic mass is 16.5. The monoisotopic (exact) mass is 260 g/mol. The van der Waals surface area contributed by atoms with Crippen LogP contribution >= 0.6 is 0 Å². The maximum atomic E-state index is 10.5. The number of rotatable bonds is 8. The Kier molecular flexibility index (Phi) is 7.71. The number of hydrogen-bond donors (Lipinski definition) is 3. The molecule has 18 heavy (non-hydrogen) atoms. The Morgan fingerprint density at radius 3 is 2.44 bits per heavy atom. The molecule has 0 spiro atoms. The molecule has 0 aliphatic heterocycles. The highest BCUT2D eigenvalue weighted by molar-refractivity contribution is 5.64. The number of carboxylic acid groups (broad SMARTS) is 1. The van der Waals surface area contributed by atoms with Crippen LogP contribution in [0.1, 0.15) is 25.7 Å². The number of carbonyl (C=O) groups is 1. The molecule has 0 aromatic carbocycles. The quantitative estimate of drug-likeness (QED) is 0.563. The molecule has 1 aliphatic carbocycles. The summed E-state index contributed by atoms with van der Waals surface area (Å²) in [5.74, 6) is 0. The first kappa shape index (κ1) is 15.2. The van der Waals surface area contributed by atoms with Crippen LogP contribution in [0.3, 0.4) is 0 Å². The first-order chi connectivity index (χ1) is 8.72. The van der Waals surface area contributed by atoms with Gasteiger partial charge in [0.05, 0.1) is 19.8 Å². The second-order valence-electron chi connectivity index (χ2n) is 4.56. The normalized spacial score (nSPS) is 23.8. The molecule has 0 radical (unpaired) electrons. The van der Waals surface area contributed by atoms with Crippen LogP contribution in [-0.4, -0.2) is 56.8 Å². The van der Waals surface area contributed by atoms with Crippen LogP contribution in [0.15, 0.2) is 0 Å². The fourth-order valence-corrected chi connectivity index (χ4v) is 2.20. The lowest BCUT2D eigenvalue weighted by Gasteiger charge is -2.29. The van der Waals surface area contributed by atoms with E-state index in [4.69, 9.17) is 14.6 Å². The maximum absolute atomic E-state index is 10.5. The van der Waals surface area contributed by atoms with Gasteiger partial charge in [-0.3, -0.25) is 0 Å². The predicted molar refractivity (Wildman–Crippen MR) is 67.9 cm³/mol. The minimum atomic E-state index is -0.919. The van der Waals surface area contributed by atoms with Crippen LogP contribution in [0.4, 0.5) is 4.79 Å². The van der Waals surface area contributed by atoms with Gasteiger partial charge in [-0.15, -0.1) is 0 Å². The van der Waals surface area contributed by atoms with Gasteiger partial charge in [0, 0.05) is 25.7 Å². The number of hydrogen-bond acceptors (Lipinski definition) is 4. The summed E-state index contributed by atoms with van der Waals surface area (Å²) >= 11 is 0. The smallest absolute Gasteiger partial charge is 0.404 e. The molecule has 1 aliphatic rings. The van der Waals surface area contributed by atoms with Crippen LogP contribution in [0, 0.1) is 0 Å². The largest absolute Gasteiger partial charge is 0.465 e. The molecular formula is C12H24N2O4. The zero-order valence-corrected chi connectivity index (χ0v) is 11.0. The van der Waals surface area contributed by atoms with E-state index in [1.165, 1.54) is 0 Å². The first-order valence-electron chi connectivity index (χ1n) is 6.52. The van der Waals surface area contributed by atoms with E-state index in [1.54, 1.807) is 7.11 Å². The van der Waals surface area contributed by atoms with Gasteiger partial charge in [-0.05, 0) is 25.7 Å². The summed E-state index contributed by atoms with van der Waals surface area (Å²) in [5, 5.41) is 14.6. The Morgan fingerprint density at radius 1 is 1.17 bits per heavy atom. The van der Waals surface area contributed by atoms with Crippen molar-refractivity contribution in [1.29, 1.82) is 0 Å². The van der Waals surface area contributed by atoms with Gasteiger partial charge >= 0.3 is 6.09 Å². The van der Waals surface area contributed by atoms with Crippen molar-refractivity contribution in [3.8, 4) is 0 Å². The van der Waals surface area contributed by atoms with E-state index >= 15 is 0 Å². The summed E-state index contributed by atoms with van der Waals surface area (Å²) in [6, 6.07) is 0.612. The Balaban J connectivity index is 1.97. The van der Waals surface area contributed by atoms with Crippen molar-refractivity contribution < 1.29 is 19.4 Å². The molecule has 1 amide bonds. The van der Waals surface area contributed by atoms with Gasteiger partial charge in [0.15, 0.2) is 0 Å². The van der Waals surface area contributed by atoms with Crippen molar-refractivity contribution in [3.63, 3.8) is 0 Å². The van der Waals surface area contributed by atoms with E-state index in [0.29, 0.717) is 25.9 Å². The van der Waals surface area contributed by atoms with E-state index in [-0.39, 0.29) is 6.04 Å². The molecule has 0 heterocycles. The summed E-state index contributed by atoms with van der Waals surface area (Å²) < 4.78 is 10.2. The standard InChI is InChI=1S/C12H24N2O4/c1-17-8-9-18-7-6-13-10-2-4-11(5-3-10)14-12(15)16/h10-11,13-14H,2-9H2,1H3,(H,15,16). The van der Waals surface area contributed by atoms with Crippen molar-refractivity contribution in [2.24, 2.45) is 0 Å². The summed E-state index contributed by atoms with van der Waals surface area (Å²) in [4.78, 5) is 10.5. The van der Waals surface area contributed by atoms with E-state index in [1.807, 2.05) is 0 Å². The predicted octanol–water partition coefficient (Wildman–Crippen LogP) is 0.818. The fraction of sp³-hybridized carbons (Fsp3) is 0.917. The van der Waals surface area contributed by atoms with Crippen LogP contribution in [0.2, 0.25) is 0 Å². The average molecular weight is 260 g/mol. The van der Waals surface area contributed by atoms with Crippen molar-refractivity contribution in [3.05, 3.63) is 0 Å². The second kappa shape index (κ2) is 9.13. The number of ether oxygens (including phenoxy) is 2. The lowest BCUT2D eigenvalue weighted by molar-refractivity contribution is 0.0703. The minimum Gasteiger partial charge on any atom is -0.465 e. The van der Waals surface area contributed by atoms with Crippen LogP contribution in [0.5, 0.6) is 0 Å². The van der Waals surface area contributed by atoms with E-state index in [0.717, 1.165) is 32.2 Å². The molecule has 0 unspecified atom stereocenters. The summed E-state index contributed by atoms with van der Waals surface area (Å²) in [6.45, 7) is 2.79. The molecule has 0 saturated heterocycles.